The highest BCUT2D eigenvalue weighted by Crippen LogP contribution is 2.32. The number of aromatic nitrogens is 2. The van der Waals surface area contributed by atoms with Gasteiger partial charge in [0.15, 0.2) is 0 Å². The molecule has 3 heterocycles. The monoisotopic (exact) mass is 470 g/mol. The number of nitrogens with zero attached hydrogens (tertiary/aromatic N) is 4. The fourth-order valence-corrected chi connectivity index (χ4v) is 5.37. The Morgan fingerprint density at radius 2 is 1.68 bits per heavy atom. The minimum absolute atomic E-state index is 0.0778. The summed E-state index contributed by atoms with van der Waals surface area (Å²) in [5, 5.41) is 7.08. The molecule has 0 bridgehead atoms. The first-order valence-corrected chi connectivity index (χ1v) is 11.6. The average molecular weight is 471 g/mol. The van der Waals surface area contributed by atoms with Crippen LogP contribution in [0.3, 0.4) is 0 Å². The van der Waals surface area contributed by atoms with Gasteiger partial charge < -0.3 is 9.80 Å². The summed E-state index contributed by atoms with van der Waals surface area (Å²) in [7, 11) is 0. The van der Waals surface area contributed by atoms with E-state index in [1.165, 1.54) is 11.3 Å². The van der Waals surface area contributed by atoms with Crippen LogP contribution < -0.4 is 4.90 Å². The number of thiophene rings is 1. The van der Waals surface area contributed by atoms with Gasteiger partial charge in [-0.05, 0) is 55.5 Å². The molecule has 31 heavy (non-hydrogen) atoms. The van der Waals surface area contributed by atoms with Crippen LogP contribution in [0.5, 0.6) is 0 Å². The molecule has 8 heteroatoms. The minimum atomic E-state index is 0.0778. The van der Waals surface area contributed by atoms with Crippen LogP contribution in [-0.4, -0.2) is 46.8 Å². The third-order valence-corrected chi connectivity index (χ3v) is 7.15. The maximum absolute atomic E-state index is 13.2. The highest BCUT2D eigenvalue weighted by atomic mass is 35.5. The van der Waals surface area contributed by atoms with Crippen LogP contribution in [0.1, 0.15) is 15.4 Å². The smallest absolute Gasteiger partial charge is 0.264 e. The number of carbonyl (C=O) groups excluding carboxylic acids is 1. The maximum atomic E-state index is 13.2. The molecule has 1 saturated heterocycles. The van der Waals surface area contributed by atoms with Crippen molar-refractivity contribution in [2.75, 3.05) is 31.1 Å². The first-order valence-electron chi connectivity index (χ1n) is 10.0. The van der Waals surface area contributed by atoms with Gasteiger partial charge in [0.05, 0.1) is 16.3 Å². The van der Waals surface area contributed by atoms with E-state index >= 15 is 0 Å². The average Bonchev–Trinajstić information content (AvgIpc) is 3.35. The Labute approximate surface area is 194 Å². The van der Waals surface area contributed by atoms with Crippen LogP contribution in [0.25, 0.3) is 15.9 Å². The molecular formula is C23H20Cl2N4OS. The second-order valence-electron chi connectivity index (χ2n) is 7.56. The maximum Gasteiger partial charge on any atom is 0.264 e. The Balaban J connectivity index is 1.36. The number of rotatable bonds is 3. The lowest BCUT2D eigenvalue weighted by molar-refractivity contribution is 0.0751. The van der Waals surface area contributed by atoms with Crippen molar-refractivity contribution in [1.29, 1.82) is 0 Å². The number of carbonyl (C=O) groups is 1. The van der Waals surface area contributed by atoms with Gasteiger partial charge in [0, 0.05) is 47.3 Å². The summed E-state index contributed by atoms with van der Waals surface area (Å²) in [5.41, 5.74) is 2.93. The van der Waals surface area contributed by atoms with E-state index in [0.29, 0.717) is 18.1 Å². The Bertz CT molecular complexity index is 1260. The largest absolute Gasteiger partial charge is 0.368 e. The Morgan fingerprint density at radius 3 is 2.39 bits per heavy atom. The number of amides is 1. The molecule has 0 spiro atoms. The zero-order valence-electron chi connectivity index (χ0n) is 16.9. The first kappa shape index (κ1) is 20.4. The van der Waals surface area contributed by atoms with Crippen molar-refractivity contribution in [3.63, 3.8) is 0 Å². The van der Waals surface area contributed by atoms with Gasteiger partial charge in [-0.15, -0.1) is 11.3 Å². The number of fused-ring (bicyclic) bond motifs is 1. The van der Waals surface area contributed by atoms with Crippen molar-refractivity contribution in [3.8, 4) is 5.69 Å². The number of benzene rings is 2. The molecule has 4 aromatic rings. The quantitative estimate of drug-likeness (QED) is 0.387. The Morgan fingerprint density at radius 1 is 0.935 bits per heavy atom. The number of anilines is 1. The van der Waals surface area contributed by atoms with E-state index in [2.05, 4.69) is 16.1 Å². The van der Waals surface area contributed by atoms with Gasteiger partial charge in [-0.3, -0.25) is 4.79 Å². The topological polar surface area (TPSA) is 41.4 Å². The molecule has 1 aliphatic heterocycles. The fourth-order valence-electron chi connectivity index (χ4n) is 3.91. The second-order valence-corrected chi connectivity index (χ2v) is 9.47. The Hall–Kier alpha value is -2.54. The summed E-state index contributed by atoms with van der Waals surface area (Å²) in [5.74, 6) is 0.0778. The molecule has 0 unspecified atom stereocenters. The van der Waals surface area contributed by atoms with Gasteiger partial charge in [-0.2, -0.15) is 5.10 Å². The van der Waals surface area contributed by atoms with E-state index in [4.69, 9.17) is 23.2 Å². The lowest BCUT2D eigenvalue weighted by Crippen LogP contribution is -2.48. The molecule has 158 valence electrons. The molecule has 1 fully saturated rings. The van der Waals surface area contributed by atoms with E-state index in [-0.39, 0.29) is 5.91 Å². The second kappa shape index (κ2) is 8.19. The van der Waals surface area contributed by atoms with Gasteiger partial charge in [0.1, 0.15) is 4.83 Å². The van der Waals surface area contributed by atoms with Crippen molar-refractivity contribution in [2.45, 2.75) is 6.92 Å². The van der Waals surface area contributed by atoms with E-state index < -0.39 is 0 Å². The normalized spacial score (nSPS) is 14.4. The molecular weight excluding hydrogens is 451 g/mol. The van der Waals surface area contributed by atoms with Crippen molar-refractivity contribution in [1.82, 2.24) is 14.7 Å². The first-order chi connectivity index (χ1) is 15.0. The van der Waals surface area contributed by atoms with E-state index in [0.717, 1.165) is 50.3 Å². The van der Waals surface area contributed by atoms with E-state index in [1.54, 1.807) is 0 Å². The summed E-state index contributed by atoms with van der Waals surface area (Å²) in [6, 6.07) is 17.4. The van der Waals surface area contributed by atoms with E-state index in [1.807, 2.05) is 65.0 Å². The summed E-state index contributed by atoms with van der Waals surface area (Å²) in [6.07, 6.45) is 0. The molecule has 0 radical (unpaired) electrons. The van der Waals surface area contributed by atoms with Crippen molar-refractivity contribution in [3.05, 3.63) is 75.2 Å². The molecule has 0 aliphatic carbocycles. The van der Waals surface area contributed by atoms with Crippen molar-refractivity contribution < 1.29 is 4.79 Å². The third kappa shape index (κ3) is 3.91. The molecule has 2 aromatic carbocycles. The zero-order chi connectivity index (χ0) is 21.5. The van der Waals surface area contributed by atoms with Crippen LogP contribution in [0.15, 0.2) is 54.6 Å². The fraction of sp³-hybridized carbons (Fsp3) is 0.217. The predicted molar refractivity (Wildman–Crippen MR) is 128 cm³/mol. The number of halogens is 2. The van der Waals surface area contributed by atoms with Crippen molar-refractivity contribution >= 4 is 56.3 Å². The van der Waals surface area contributed by atoms with Crippen LogP contribution >= 0.6 is 34.5 Å². The number of aryl methyl sites for hydroxylation is 1. The van der Waals surface area contributed by atoms with Crippen LogP contribution in [0, 0.1) is 6.92 Å². The molecule has 1 aliphatic rings. The minimum Gasteiger partial charge on any atom is -0.368 e. The highest BCUT2D eigenvalue weighted by molar-refractivity contribution is 7.20. The molecule has 0 atom stereocenters. The lowest BCUT2D eigenvalue weighted by atomic mass is 10.2. The summed E-state index contributed by atoms with van der Waals surface area (Å²) in [6.45, 7) is 4.91. The standard InChI is InChI=1S/C23H20Cl2N4OS/c1-15-20-14-21(31-23(20)29(26-15)18-7-5-16(24)6-8-18)22(30)28-11-9-27(10-12-28)19-4-2-3-17(25)13-19/h2-8,13-14H,9-12H2,1H3. The summed E-state index contributed by atoms with van der Waals surface area (Å²) < 4.78 is 1.89. The van der Waals surface area contributed by atoms with Crippen LogP contribution in [0.4, 0.5) is 5.69 Å². The van der Waals surface area contributed by atoms with Gasteiger partial charge in [-0.1, -0.05) is 29.3 Å². The van der Waals surface area contributed by atoms with Gasteiger partial charge in [0.25, 0.3) is 5.91 Å². The number of hydrogen-bond acceptors (Lipinski definition) is 4. The van der Waals surface area contributed by atoms with Crippen molar-refractivity contribution in [2.24, 2.45) is 0 Å². The summed E-state index contributed by atoms with van der Waals surface area (Å²) in [4.78, 5) is 19.1. The molecule has 5 nitrogen and oxygen atoms in total. The van der Waals surface area contributed by atoms with Gasteiger partial charge >= 0.3 is 0 Å². The van der Waals surface area contributed by atoms with E-state index in [9.17, 15) is 4.79 Å². The third-order valence-electron chi connectivity index (χ3n) is 5.57. The number of piperazine rings is 1. The molecule has 1 amide bonds. The van der Waals surface area contributed by atoms with Gasteiger partial charge in [-0.25, -0.2) is 4.68 Å². The molecule has 2 aromatic heterocycles. The zero-order valence-corrected chi connectivity index (χ0v) is 19.2. The molecule has 5 rings (SSSR count). The highest BCUT2D eigenvalue weighted by Gasteiger charge is 2.25. The Kier molecular flexibility index (Phi) is 5.38. The lowest BCUT2D eigenvalue weighted by Gasteiger charge is -2.36. The molecule has 0 N–H and O–H groups in total. The summed E-state index contributed by atoms with van der Waals surface area (Å²) >= 11 is 13.6. The number of hydrogen-bond donors (Lipinski definition) is 0. The van der Waals surface area contributed by atoms with Crippen LogP contribution in [-0.2, 0) is 0 Å². The molecule has 0 saturated carbocycles. The SMILES string of the molecule is Cc1nn(-c2ccc(Cl)cc2)c2sc(C(=O)N3CCN(c4cccc(Cl)c4)CC3)cc12. The predicted octanol–water partition coefficient (Wildman–Crippen LogP) is 5.66. The van der Waals surface area contributed by atoms with Gasteiger partial charge in [0.2, 0.25) is 0 Å². The van der Waals surface area contributed by atoms with Crippen LogP contribution in [0.2, 0.25) is 10.0 Å².